The summed E-state index contributed by atoms with van der Waals surface area (Å²) in [6, 6.07) is 3.30. The average Bonchev–Trinajstić information content (AvgIpc) is 3.42. The minimum Gasteiger partial charge on any atom is -0.481 e. The SMILES string of the molecule is CCOC(=O)C1=C(CN2CCO[C@H](CCC(F)(F)CC(=O)O)C2)NC(c2nccs2)=N[C@H]1c1ccc(F)cc1Br. The number of ether oxygens (including phenoxy) is 2. The number of nitrogens with one attached hydrogen (secondary N) is 1. The molecular weight excluding hydrogens is 617 g/mol. The summed E-state index contributed by atoms with van der Waals surface area (Å²) in [5.74, 6) is -5.51. The van der Waals surface area contributed by atoms with Gasteiger partial charge in [-0.05, 0) is 31.0 Å². The lowest BCUT2D eigenvalue weighted by atomic mass is 9.95. The average molecular weight is 645 g/mol. The maximum absolute atomic E-state index is 14.0. The van der Waals surface area contributed by atoms with Gasteiger partial charge in [-0.3, -0.25) is 14.7 Å². The molecule has 0 bridgehead atoms. The molecule has 0 amide bonds. The minimum absolute atomic E-state index is 0.0229. The number of benzene rings is 1. The molecule has 1 fully saturated rings. The molecule has 40 heavy (non-hydrogen) atoms. The monoisotopic (exact) mass is 644 g/mol. The Bertz CT molecular complexity index is 1290. The van der Waals surface area contributed by atoms with Gasteiger partial charge < -0.3 is 19.9 Å². The van der Waals surface area contributed by atoms with Gasteiger partial charge >= 0.3 is 11.9 Å². The second-order valence-electron chi connectivity index (χ2n) is 9.31. The van der Waals surface area contributed by atoms with Crippen molar-refractivity contribution < 1.29 is 37.3 Å². The van der Waals surface area contributed by atoms with Crippen molar-refractivity contribution in [2.24, 2.45) is 4.99 Å². The van der Waals surface area contributed by atoms with Crippen LogP contribution < -0.4 is 5.32 Å². The largest absolute Gasteiger partial charge is 0.481 e. The number of alkyl halides is 2. The molecule has 0 unspecified atom stereocenters. The molecule has 0 spiro atoms. The molecular formula is C26H28BrF3N4O5S. The Morgan fingerprint density at radius 2 is 2.17 bits per heavy atom. The van der Waals surface area contributed by atoms with Crippen molar-refractivity contribution >= 4 is 45.0 Å². The Morgan fingerprint density at radius 1 is 1.38 bits per heavy atom. The summed E-state index contributed by atoms with van der Waals surface area (Å²) in [7, 11) is 0. The van der Waals surface area contributed by atoms with Crippen molar-refractivity contribution in [3.8, 4) is 0 Å². The maximum Gasteiger partial charge on any atom is 0.338 e. The van der Waals surface area contributed by atoms with E-state index in [9.17, 15) is 22.8 Å². The van der Waals surface area contributed by atoms with Gasteiger partial charge in [-0.2, -0.15) is 0 Å². The second-order valence-corrected chi connectivity index (χ2v) is 11.1. The van der Waals surface area contributed by atoms with Crippen LogP contribution in [0.3, 0.4) is 0 Å². The van der Waals surface area contributed by atoms with E-state index in [0.717, 1.165) is 0 Å². The summed E-state index contributed by atoms with van der Waals surface area (Å²) in [5, 5.41) is 14.4. The van der Waals surface area contributed by atoms with E-state index in [1.54, 1.807) is 24.6 Å². The van der Waals surface area contributed by atoms with Gasteiger partial charge in [0.15, 0.2) is 10.8 Å². The summed E-state index contributed by atoms with van der Waals surface area (Å²) in [5.41, 5.74) is 1.29. The molecule has 0 radical (unpaired) electrons. The Balaban J connectivity index is 1.63. The van der Waals surface area contributed by atoms with Gasteiger partial charge in [0.05, 0.1) is 24.9 Å². The van der Waals surface area contributed by atoms with Crippen molar-refractivity contribution in [1.29, 1.82) is 0 Å². The number of aliphatic carboxylic acids is 1. The molecule has 3 heterocycles. The number of thiazole rings is 1. The number of hydrogen-bond acceptors (Lipinski definition) is 9. The van der Waals surface area contributed by atoms with E-state index in [2.05, 4.69) is 26.2 Å². The Labute approximate surface area is 241 Å². The summed E-state index contributed by atoms with van der Waals surface area (Å²) in [6.07, 6.45) is -0.788. The fraction of sp³-hybridized carbons (Fsp3) is 0.462. The van der Waals surface area contributed by atoms with Gasteiger partial charge in [0.1, 0.15) is 18.3 Å². The second kappa shape index (κ2) is 13.2. The number of aliphatic imine (C=N–C) groups is 1. The van der Waals surface area contributed by atoms with Gasteiger partial charge in [-0.15, -0.1) is 11.3 Å². The zero-order valence-electron chi connectivity index (χ0n) is 21.5. The lowest BCUT2D eigenvalue weighted by Crippen LogP contribution is -2.46. The van der Waals surface area contributed by atoms with Gasteiger partial charge in [-0.25, -0.2) is 22.9 Å². The third-order valence-electron chi connectivity index (χ3n) is 6.36. The summed E-state index contributed by atoms with van der Waals surface area (Å²) < 4.78 is 53.4. The third kappa shape index (κ3) is 7.68. The molecule has 2 N–H and O–H groups in total. The fourth-order valence-electron chi connectivity index (χ4n) is 4.57. The summed E-state index contributed by atoms with van der Waals surface area (Å²) >= 11 is 4.75. The Hall–Kier alpha value is -2.81. The molecule has 2 aliphatic rings. The van der Waals surface area contributed by atoms with Crippen molar-refractivity contribution in [3.63, 3.8) is 0 Å². The van der Waals surface area contributed by atoms with Crippen LogP contribution in [0.1, 0.15) is 42.8 Å². The van der Waals surface area contributed by atoms with Crippen molar-refractivity contribution in [2.45, 2.75) is 44.3 Å². The van der Waals surface area contributed by atoms with E-state index in [-0.39, 0.29) is 31.8 Å². The van der Waals surface area contributed by atoms with E-state index in [1.165, 1.54) is 23.5 Å². The number of carbonyl (C=O) groups excluding carboxylic acids is 1. The van der Waals surface area contributed by atoms with Crippen molar-refractivity contribution in [2.75, 3.05) is 32.8 Å². The molecule has 9 nitrogen and oxygen atoms in total. The highest BCUT2D eigenvalue weighted by atomic mass is 79.9. The lowest BCUT2D eigenvalue weighted by molar-refractivity contribution is -0.146. The van der Waals surface area contributed by atoms with Crippen LogP contribution >= 0.6 is 27.3 Å². The van der Waals surface area contributed by atoms with E-state index in [4.69, 9.17) is 19.6 Å². The van der Waals surface area contributed by atoms with Crippen LogP contribution in [0.5, 0.6) is 0 Å². The standard InChI is InChI=1S/C26H28BrF3N4O5S/c1-2-38-25(37)21-19(14-34-8-9-39-16(13-34)5-6-26(29,30)12-20(35)36)32-23(24-31-7-10-40-24)33-22(21)17-4-3-15(28)11-18(17)27/h3-4,7,10-11,16,22H,2,5-6,8-9,12-14H2,1H3,(H,32,33)(H,35,36)/t16-,22+/m1/s1. The fourth-order valence-corrected chi connectivity index (χ4v) is 5.73. The quantitative estimate of drug-likeness (QED) is 0.343. The number of carbonyl (C=O) groups is 2. The first-order valence-electron chi connectivity index (χ1n) is 12.6. The highest BCUT2D eigenvalue weighted by Crippen LogP contribution is 2.37. The highest BCUT2D eigenvalue weighted by molar-refractivity contribution is 9.10. The normalized spacial score (nSPS) is 20.2. The molecule has 4 rings (SSSR count). The summed E-state index contributed by atoms with van der Waals surface area (Å²) in [6.45, 7) is 3.07. The molecule has 2 aliphatic heterocycles. The zero-order valence-corrected chi connectivity index (χ0v) is 23.9. The molecule has 216 valence electrons. The van der Waals surface area contributed by atoms with Gasteiger partial charge in [-0.1, -0.05) is 22.0 Å². The molecule has 1 saturated heterocycles. The molecule has 1 aromatic heterocycles. The van der Waals surface area contributed by atoms with Crippen molar-refractivity contribution in [1.82, 2.24) is 15.2 Å². The predicted octanol–water partition coefficient (Wildman–Crippen LogP) is 4.54. The van der Waals surface area contributed by atoms with Crippen LogP contribution in [0.15, 0.2) is 50.5 Å². The molecule has 0 aliphatic carbocycles. The number of amidine groups is 1. The van der Waals surface area contributed by atoms with Gasteiger partial charge in [0, 0.05) is 47.8 Å². The van der Waals surface area contributed by atoms with Crippen LogP contribution in [0, 0.1) is 5.82 Å². The number of esters is 1. The molecule has 14 heteroatoms. The predicted molar refractivity (Wildman–Crippen MR) is 145 cm³/mol. The Kier molecular flexibility index (Phi) is 9.98. The summed E-state index contributed by atoms with van der Waals surface area (Å²) in [4.78, 5) is 35.1. The number of morpholine rings is 1. The lowest BCUT2D eigenvalue weighted by Gasteiger charge is -2.36. The van der Waals surface area contributed by atoms with E-state index in [0.29, 0.717) is 39.7 Å². The van der Waals surface area contributed by atoms with Gasteiger partial charge in [0.2, 0.25) is 0 Å². The maximum atomic E-state index is 14.0. The number of halogens is 4. The number of hydrogen-bond donors (Lipinski definition) is 2. The minimum atomic E-state index is -3.34. The molecule has 0 saturated carbocycles. The highest BCUT2D eigenvalue weighted by Gasteiger charge is 2.37. The zero-order chi connectivity index (χ0) is 28.9. The van der Waals surface area contributed by atoms with Crippen LogP contribution in [-0.2, 0) is 19.1 Å². The topological polar surface area (TPSA) is 113 Å². The smallest absolute Gasteiger partial charge is 0.338 e. The first kappa shape index (κ1) is 30.2. The first-order chi connectivity index (χ1) is 19.1. The Morgan fingerprint density at radius 3 is 2.85 bits per heavy atom. The van der Waals surface area contributed by atoms with E-state index >= 15 is 0 Å². The van der Waals surface area contributed by atoms with Crippen LogP contribution in [0.25, 0.3) is 0 Å². The molecule has 2 atom stereocenters. The van der Waals surface area contributed by atoms with Gasteiger partial charge in [0.25, 0.3) is 5.92 Å². The van der Waals surface area contributed by atoms with Crippen molar-refractivity contribution in [3.05, 3.63) is 61.9 Å². The van der Waals surface area contributed by atoms with Crippen LogP contribution in [-0.4, -0.2) is 77.6 Å². The number of aromatic nitrogens is 1. The van der Waals surface area contributed by atoms with Crippen LogP contribution in [0.2, 0.25) is 0 Å². The first-order valence-corrected chi connectivity index (χ1v) is 14.3. The van der Waals surface area contributed by atoms with E-state index in [1.807, 2.05) is 4.90 Å². The number of carboxylic acid groups (broad SMARTS) is 1. The van der Waals surface area contributed by atoms with Crippen LogP contribution in [0.4, 0.5) is 13.2 Å². The number of nitrogens with zero attached hydrogens (tertiary/aromatic N) is 3. The third-order valence-corrected chi connectivity index (χ3v) is 7.83. The number of carboxylic acids is 1. The molecule has 2 aromatic rings. The van der Waals surface area contributed by atoms with E-state index < -0.39 is 48.7 Å². The number of rotatable bonds is 11. The molecule has 1 aromatic carbocycles.